The molecule has 0 fully saturated rings. The maximum Gasteiger partial charge on any atom is 0.416 e. The van der Waals surface area contributed by atoms with Crippen molar-refractivity contribution in [1.82, 2.24) is 10.2 Å². The van der Waals surface area contributed by atoms with Gasteiger partial charge in [-0.05, 0) is 49.7 Å². The summed E-state index contributed by atoms with van der Waals surface area (Å²) in [6, 6.07) is 10.3. The van der Waals surface area contributed by atoms with Crippen molar-refractivity contribution < 1.29 is 27.1 Å². The summed E-state index contributed by atoms with van der Waals surface area (Å²) in [6.45, 7) is 4.77. The monoisotopic (exact) mass is 392 g/mol. The Morgan fingerprint density at radius 2 is 1.68 bits per heavy atom. The number of halogens is 3. The standard InChI is InChI=1S/C20H19F3N2O3/c1-3-26-16-9-8-13(10-17(16)27-4-2)11-18-24-25-19(28-18)14-6-5-7-15(12-14)20(21,22)23/h5-10,12H,3-4,11H2,1-2H3. The van der Waals surface area contributed by atoms with Crippen LogP contribution in [0.3, 0.4) is 0 Å². The van der Waals surface area contributed by atoms with Crippen molar-refractivity contribution >= 4 is 0 Å². The van der Waals surface area contributed by atoms with E-state index in [1.54, 1.807) is 6.07 Å². The quantitative estimate of drug-likeness (QED) is 0.557. The molecule has 28 heavy (non-hydrogen) atoms. The van der Waals surface area contributed by atoms with Gasteiger partial charge in [-0.25, -0.2) is 0 Å². The molecule has 2 aromatic carbocycles. The minimum Gasteiger partial charge on any atom is -0.490 e. The van der Waals surface area contributed by atoms with E-state index in [-0.39, 0.29) is 11.5 Å². The Balaban J connectivity index is 1.81. The second-order valence-corrected chi connectivity index (χ2v) is 5.90. The van der Waals surface area contributed by atoms with E-state index >= 15 is 0 Å². The van der Waals surface area contributed by atoms with Crippen LogP contribution in [0, 0.1) is 0 Å². The van der Waals surface area contributed by atoms with Gasteiger partial charge in [0.05, 0.1) is 25.2 Å². The number of hydrogen-bond donors (Lipinski definition) is 0. The summed E-state index contributed by atoms with van der Waals surface area (Å²) in [4.78, 5) is 0. The molecular weight excluding hydrogens is 373 g/mol. The largest absolute Gasteiger partial charge is 0.490 e. The van der Waals surface area contributed by atoms with E-state index in [4.69, 9.17) is 13.9 Å². The maximum absolute atomic E-state index is 12.9. The fraction of sp³-hybridized carbons (Fsp3) is 0.300. The van der Waals surface area contributed by atoms with Crippen LogP contribution in [0.4, 0.5) is 13.2 Å². The molecule has 8 heteroatoms. The first-order chi connectivity index (χ1) is 13.4. The van der Waals surface area contributed by atoms with E-state index < -0.39 is 11.7 Å². The Labute approximate surface area is 160 Å². The minimum atomic E-state index is -4.43. The number of nitrogens with zero attached hydrogens (tertiary/aromatic N) is 2. The minimum absolute atomic E-state index is 0.0390. The van der Waals surface area contributed by atoms with Gasteiger partial charge in [0.25, 0.3) is 0 Å². The van der Waals surface area contributed by atoms with Crippen LogP contribution in [0.2, 0.25) is 0 Å². The van der Waals surface area contributed by atoms with Gasteiger partial charge in [-0.15, -0.1) is 10.2 Å². The van der Waals surface area contributed by atoms with Crippen molar-refractivity contribution in [2.75, 3.05) is 13.2 Å². The zero-order valence-corrected chi connectivity index (χ0v) is 15.4. The zero-order chi connectivity index (χ0) is 20.1. The fourth-order valence-electron chi connectivity index (χ4n) is 2.65. The predicted molar refractivity (Wildman–Crippen MR) is 96.3 cm³/mol. The molecule has 0 spiro atoms. The number of alkyl halides is 3. The van der Waals surface area contributed by atoms with Crippen LogP contribution in [0.15, 0.2) is 46.9 Å². The molecule has 148 valence electrons. The van der Waals surface area contributed by atoms with Crippen molar-refractivity contribution in [3.63, 3.8) is 0 Å². The molecule has 0 N–H and O–H groups in total. The highest BCUT2D eigenvalue weighted by Gasteiger charge is 2.30. The lowest BCUT2D eigenvalue weighted by Gasteiger charge is -2.11. The van der Waals surface area contributed by atoms with Gasteiger partial charge in [0.2, 0.25) is 11.8 Å². The van der Waals surface area contributed by atoms with Gasteiger partial charge < -0.3 is 13.9 Å². The summed E-state index contributed by atoms with van der Waals surface area (Å²) in [5, 5.41) is 7.82. The van der Waals surface area contributed by atoms with Crippen molar-refractivity contribution in [2.24, 2.45) is 0 Å². The lowest BCUT2D eigenvalue weighted by atomic mass is 10.1. The summed E-state index contributed by atoms with van der Waals surface area (Å²) in [5.41, 5.74) is 0.305. The molecule has 1 heterocycles. The highest BCUT2D eigenvalue weighted by Crippen LogP contribution is 2.32. The van der Waals surface area contributed by atoms with E-state index in [1.807, 2.05) is 26.0 Å². The smallest absolute Gasteiger partial charge is 0.416 e. The zero-order valence-electron chi connectivity index (χ0n) is 15.4. The number of ether oxygens (including phenoxy) is 2. The summed E-state index contributed by atoms with van der Waals surface area (Å²) in [6.07, 6.45) is -4.12. The second-order valence-electron chi connectivity index (χ2n) is 5.90. The molecule has 0 aliphatic heterocycles. The number of benzene rings is 2. The summed E-state index contributed by atoms with van der Waals surface area (Å²) < 4.78 is 55.3. The van der Waals surface area contributed by atoms with Crippen LogP contribution >= 0.6 is 0 Å². The lowest BCUT2D eigenvalue weighted by molar-refractivity contribution is -0.137. The third-order valence-corrected chi connectivity index (χ3v) is 3.87. The van der Waals surface area contributed by atoms with Crippen LogP contribution < -0.4 is 9.47 Å². The van der Waals surface area contributed by atoms with E-state index in [9.17, 15) is 13.2 Å². The molecule has 0 bridgehead atoms. The second kappa shape index (κ2) is 8.33. The Bertz CT molecular complexity index is 938. The highest BCUT2D eigenvalue weighted by atomic mass is 19.4. The van der Waals surface area contributed by atoms with Crippen LogP contribution in [-0.4, -0.2) is 23.4 Å². The SMILES string of the molecule is CCOc1ccc(Cc2nnc(-c3cccc(C(F)(F)F)c3)o2)cc1OCC. The molecule has 3 rings (SSSR count). The molecule has 5 nitrogen and oxygen atoms in total. The van der Waals surface area contributed by atoms with Crippen LogP contribution in [0.5, 0.6) is 11.5 Å². The molecule has 0 aliphatic carbocycles. The lowest BCUT2D eigenvalue weighted by Crippen LogP contribution is -2.04. The molecular formula is C20H19F3N2O3. The highest BCUT2D eigenvalue weighted by molar-refractivity contribution is 5.54. The Hall–Kier alpha value is -3.03. The number of rotatable bonds is 7. The van der Waals surface area contributed by atoms with Gasteiger partial charge >= 0.3 is 6.18 Å². The number of hydrogen-bond acceptors (Lipinski definition) is 5. The van der Waals surface area contributed by atoms with Gasteiger partial charge in [-0.1, -0.05) is 12.1 Å². The van der Waals surface area contributed by atoms with Crippen LogP contribution in [0.25, 0.3) is 11.5 Å². The van der Waals surface area contributed by atoms with E-state index in [0.29, 0.717) is 37.0 Å². The molecule has 0 unspecified atom stereocenters. The van der Waals surface area contributed by atoms with Crippen LogP contribution in [-0.2, 0) is 12.6 Å². The third-order valence-electron chi connectivity index (χ3n) is 3.87. The molecule has 0 aliphatic rings. The molecule has 1 aromatic heterocycles. The van der Waals surface area contributed by atoms with Crippen LogP contribution in [0.1, 0.15) is 30.9 Å². The fourth-order valence-corrected chi connectivity index (χ4v) is 2.65. The summed E-state index contributed by atoms with van der Waals surface area (Å²) >= 11 is 0. The van der Waals surface area contributed by atoms with Gasteiger partial charge in [0, 0.05) is 5.56 Å². The van der Waals surface area contributed by atoms with Crippen molar-refractivity contribution in [2.45, 2.75) is 26.4 Å². The topological polar surface area (TPSA) is 57.4 Å². The molecule has 0 amide bonds. The first-order valence-corrected chi connectivity index (χ1v) is 8.79. The van der Waals surface area contributed by atoms with Crippen molar-refractivity contribution in [1.29, 1.82) is 0 Å². The predicted octanol–water partition coefficient (Wildman–Crippen LogP) is 5.14. The van der Waals surface area contributed by atoms with Crippen molar-refractivity contribution in [3.8, 4) is 23.0 Å². The Kier molecular flexibility index (Phi) is 5.87. The molecule has 0 saturated heterocycles. The average Bonchev–Trinajstić information content (AvgIpc) is 3.12. The Morgan fingerprint density at radius 3 is 2.39 bits per heavy atom. The Morgan fingerprint density at radius 1 is 0.929 bits per heavy atom. The first-order valence-electron chi connectivity index (χ1n) is 8.79. The molecule has 0 atom stereocenters. The normalized spacial score (nSPS) is 11.5. The molecule has 0 saturated carbocycles. The summed E-state index contributed by atoms with van der Waals surface area (Å²) in [7, 11) is 0. The third kappa shape index (κ3) is 4.62. The van der Waals surface area contributed by atoms with E-state index in [0.717, 1.165) is 17.7 Å². The maximum atomic E-state index is 12.9. The van der Waals surface area contributed by atoms with E-state index in [2.05, 4.69) is 10.2 Å². The van der Waals surface area contributed by atoms with E-state index in [1.165, 1.54) is 12.1 Å². The van der Waals surface area contributed by atoms with Gasteiger partial charge in [0.1, 0.15) is 0 Å². The first kappa shape index (κ1) is 19.7. The summed E-state index contributed by atoms with van der Waals surface area (Å²) in [5.74, 6) is 1.58. The van der Waals surface area contributed by atoms with Gasteiger partial charge in [0.15, 0.2) is 11.5 Å². The molecule has 0 radical (unpaired) electrons. The van der Waals surface area contributed by atoms with Gasteiger partial charge in [-0.3, -0.25) is 0 Å². The average molecular weight is 392 g/mol. The van der Waals surface area contributed by atoms with Gasteiger partial charge in [-0.2, -0.15) is 13.2 Å². The number of aromatic nitrogens is 2. The van der Waals surface area contributed by atoms with Crippen molar-refractivity contribution in [3.05, 3.63) is 59.5 Å². The molecule has 3 aromatic rings.